The summed E-state index contributed by atoms with van der Waals surface area (Å²) in [4.78, 5) is 22.6. The Hall–Kier alpha value is -1.36. The van der Waals surface area contributed by atoms with Crippen LogP contribution in [0.1, 0.15) is 26.2 Å². The zero-order chi connectivity index (χ0) is 13.5. The second-order valence-electron chi connectivity index (χ2n) is 4.66. The van der Waals surface area contributed by atoms with Crippen LogP contribution in [0.4, 0.5) is 0 Å². The van der Waals surface area contributed by atoms with E-state index in [0.717, 1.165) is 12.0 Å². The van der Waals surface area contributed by atoms with E-state index in [0.29, 0.717) is 26.1 Å². The average Bonchev–Trinajstić information content (AvgIpc) is 2.76. The number of rotatable bonds is 7. The Morgan fingerprint density at radius 2 is 1.94 bits per heavy atom. The molecule has 0 aromatic carbocycles. The highest BCUT2D eigenvalue weighted by atomic mass is 16.6. The maximum atomic E-state index is 11.7. The number of carboxylic acid groups (broad SMARTS) is 1. The molecule has 0 aromatic heterocycles. The van der Waals surface area contributed by atoms with E-state index in [4.69, 9.17) is 14.6 Å². The average molecular weight is 256 g/mol. The van der Waals surface area contributed by atoms with Gasteiger partial charge >= 0.3 is 11.9 Å². The van der Waals surface area contributed by atoms with Crippen molar-refractivity contribution in [1.82, 2.24) is 0 Å². The van der Waals surface area contributed by atoms with Crippen LogP contribution in [0.5, 0.6) is 0 Å². The standard InChI is InChI=1S/C13H20O5/c1-9(2)8-17-6-7-18-13(16)11-5-3-4-10(11)12(14)15/h10-11H,1,3-8H2,2H3,(H,14,15). The van der Waals surface area contributed by atoms with Crippen LogP contribution >= 0.6 is 0 Å². The van der Waals surface area contributed by atoms with E-state index in [-0.39, 0.29) is 6.61 Å². The van der Waals surface area contributed by atoms with Crippen LogP contribution in [-0.4, -0.2) is 36.9 Å². The van der Waals surface area contributed by atoms with Crippen LogP contribution in [0.25, 0.3) is 0 Å². The van der Waals surface area contributed by atoms with Gasteiger partial charge in [-0.3, -0.25) is 9.59 Å². The molecule has 1 aliphatic rings. The van der Waals surface area contributed by atoms with Crippen LogP contribution in [0.3, 0.4) is 0 Å². The summed E-state index contributed by atoms with van der Waals surface area (Å²) in [7, 11) is 0. The summed E-state index contributed by atoms with van der Waals surface area (Å²) in [5.74, 6) is -2.41. The zero-order valence-corrected chi connectivity index (χ0v) is 10.7. The molecular weight excluding hydrogens is 236 g/mol. The van der Waals surface area contributed by atoms with Crippen molar-refractivity contribution in [3.63, 3.8) is 0 Å². The molecule has 0 aliphatic heterocycles. The minimum atomic E-state index is -0.909. The molecule has 1 N–H and O–H groups in total. The Bertz CT molecular complexity index is 323. The molecule has 5 heteroatoms. The number of esters is 1. The fraction of sp³-hybridized carbons (Fsp3) is 0.692. The molecule has 1 aliphatic carbocycles. The molecule has 1 fully saturated rings. The highest BCUT2D eigenvalue weighted by molar-refractivity contribution is 5.81. The molecule has 0 saturated heterocycles. The van der Waals surface area contributed by atoms with E-state index < -0.39 is 23.8 Å². The van der Waals surface area contributed by atoms with Gasteiger partial charge in [0.2, 0.25) is 0 Å². The zero-order valence-electron chi connectivity index (χ0n) is 10.7. The molecule has 0 heterocycles. The largest absolute Gasteiger partial charge is 0.481 e. The van der Waals surface area contributed by atoms with Crippen molar-refractivity contribution >= 4 is 11.9 Å². The fourth-order valence-corrected chi connectivity index (χ4v) is 2.09. The van der Waals surface area contributed by atoms with Crippen molar-refractivity contribution in [2.75, 3.05) is 19.8 Å². The maximum absolute atomic E-state index is 11.7. The van der Waals surface area contributed by atoms with Gasteiger partial charge < -0.3 is 14.6 Å². The van der Waals surface area contributed by atoms with E-state index in [2.05, 4.69) is 6.58 Å². The quantitative estimate of drug-likeness (QED) is 0.426. The highest BCUT2D eigenvalue weighted by Crippen LogP contribution is 2.32. The van der Waals surface area contributed by atoms with Crippen molar-refractivity contribution < 1.29 is 24.2 Å². The Kier molecular flexibility index (Phi) is 5.85. The predicted octanol–water partition coefficient (Wildman–Crippen LogP) is 1.62. The van der Waals surface area contributed by atoms with Crippen LogP contribution in [0, 0.1) is 11.8 Å². The third-order valence-electron chi connectivity index (χ3n) is 2.96. The van der Waals surface area contributed by atoms with Gasteiger partial charge in [0.1, 0.15) is 6.61 Å². The predicted molar refractivity (Wildman–Crippen MR) is 65.1 cm³/mol. The van der Waals surface area contributed by atoms with Gasteiger partial charge in [-0.1, -0.05) is 18.6 Å². The van der Waals surface area contributed by atoms with E-state index >= 15 is 0 Å². The molecule has 1 rings (SSSR count). The number of hydrogen-bond acceptors (Lipinski definition) is 4. The van der Waals surface area contributed by atoms with E-state index in [1.807, 2.05) is 6.92 Å². The molecule has 2 unspecified atom stereocenters. The van der Waals surface area contributed by atoms with Gasteiger partial charge in [-0.15, -0.1) is 0 Å². The summed E-state index contributed by atoms with van der Waals surface area (Å²) < 4.78 is 10.2. The van der Waals surface area contributed by atoms with Crippen LogP contribution < -0.4 is 0 Å². The smallest absolute Gasteiger partial charge is 0.309 e. The first-order valence-electron chi connectivity index (χ1n) is 6.14. The summed E-state index contributed by atoms with van der Waals surface area (Å²) in [5.41, 5.74) is 0.906. The van der Waals surface area contributed by atoms with Crippen molar-refractivity contribution in [1.29, 1.82) is 0 Å². The molecule has 0 bridgehead atoms. The molecule has 102 valence electrons. The summed E-state index contributed by atoms with van der Waals surface area (Å²) in [6.45, 7) is 6.44. The van der Waals surface area contributed by atoms with Crippen molar-refractivity contribution in [2.45, 2.75) is 26.2 Å². The lowest BCUT2D eigenvalue weighted by Crippen LogP contribution is -2.27. The van der Waals surface area contributed by atoms with Gasteiger partial charge in [0.15, 0.2) is 0 Å². The maximum Gasteiger partial charge on any atom is 0.309 e. The Morgan fingerprint density at radius 3 is 2.56 bits per heavy atom. The minimum absolute atomic E-state index is 0.162. The molecule has 0 amide bonds. The van der Waals surface area contributed by atoms with Gasteiger partial charge in [0, 0.05) is 0 Å². The molecule has 5 nitrogen and oxygen atoms in total. The lowest BCUT2D eigenvalue weighted by molar-refractivity contribution is -0.157. The number of carbonyl (C=O) groups is 2. The lowest BCUT2D eigenvalue weighted by atomic mass is 9.96. The first kappa shape index (κ1) is 14.7. The number of hydrogen-bond donors (Lipinski definition) is 1. The van der Waals surface area contributed by atoms with Crippen LogP contribution in [0.15, 0.2) is 12.2 Å². The first-order chi connectivity index (χ1) is 8.52. The van der Waals surface area contributed by atoms with E-state index in [1.54, 1.807) is 0 Å². The topological polar surface area (TPSA) is 72.8 Å². The normalized spacial score (nSPS) is 22.7. The Morgan fingerprint density at radius 1 is 1.28 bits per heavy atom. The molecular formula is C13H20O5. The number of carboxylic acids is 1. The van der Waals surface area contributed by atoms with E-state index in [9.17, 15) is 9.59 Å². The van der Waals surface area contributed by atoms with Gasteiger partial charge in [-0.2, -0.15) is 0 Å². The molecule has 0 spiro atoms. The van der Waals surface area contributed by atoms with Gasteiger partial charge in [-0.25, -0.2) is 0 Å². The molecule has 1 saturated carbocycles. The van der Waals surface area contributed by atoms with Crippen LogP contribution in [0.2, 0.25) is 0 Å². The second kappa shape index (κ2) is 7.16. The lowest BCUT2D eigenvalue weighted by Gasteiger charge is -2.14. The third kappa shape index (κ3) is 4.49. The molecule has 0 aromatic rings. The molecule has 2 atom stereocenters. The highest BCUT2D eigenvalue weighted by Gasteiger charge is 2.38. The number of aliphatic carboxylic acids is 1. The van der Waals surface area contributed by atoms with Crippen molar-refractivity contribution in [2.24, 2.45) is 11.8 Å². The van der Waals surface area contributed by atoms with Crippen molar-refractivity contribution in [3.8, 4) is 0 Å². The number of carbonyl (C=O) groups excluding carboxylic acids is 1. The third-order valence-corrected chi connectivity index (χ3v) is 2.96. The summed E-state index contributed by atoms with van der Waals surface area (Å²) in [6.07, 6.45) is 1.92. The minimum Gasteiger partial charge on any atom is -0.481 e. The summed E-state index contributed by atoms with van der Waals surface area (Å²) in [5, 5.41) is 8.96. The Balaban J connectivity index is 2.24. The van der Waals surface area contributed by atoms with Gasteiger partial charge in [-0.05, 0) is 19.8 Å². The van der Waals surface area contributed by atoms with E-state index in [1.165, 1.54) is 0 Å². The fourth-order valence-electron chi connectivity index (χ4n) is 2.09. The van der Waals surface area contributed by atoms with Crippen molar-refractivity contribution in [3.05, 3.63) is 12.2 Å². The number of ether oxygens (including phenoxy) is 2. The summed E-state index contributed by atoms with van der Waals surface area (Å²) >= 11 is 0. The SMILES string of the molecule is C=C(C)COCCOC(=O)C1CCCC1C(=O)O. The molecule has 18 heavy (non-hydrogen) atoms. The summed E-state index contributed by atoms with van der Waals surface area (Å²) in [6, 6.07) is 0. The molecule has 0 radical (unpaired) electrons. The monoisotopic (exact) mass is 256 g/mol. The van der Waals surface area contributed by atoms with Gasteiger partial charge in [0.05, 0.1) is 25.0 Å². The first-order valence-corrected chi connectivity index (χ1v) is 6.14. The second-order valence-corrected chi connectivity index (χ2v) is 4.66. The van der Waals surface area contributed by atoms with Gasteiger partial charge in [0.25, 0.3) is 0 Å². The Labute approximate surface area is 107 Å². The van der Waals surface area contributed by atoms with Crippen LogP contribution in [-0.2, 0) is 19.1 Å².